The molecule has 1 aliphatic carbocycles. The molecule has 2 aromatic heterocycles. The quantitative estimate of drug-likeness (QED) is 0.617. The first-order valence-electron chi connectivity index (χ1n) is 7.21. The van der Waals surface area contributed by atoms with Crippen molar-refractivity contribution in [3.8, 4) is 0 Å². The summed E-state index contributed by atoms with van der Waals surface area (Å²) in [6.07, 6.45) is -0.725. The van der Waals surface area contributed by atoms with Gasteiger partial charge in [-0.15, -0.1) is 0 Å². The van der Waals surface area contributed by atoms with Crippen molar-refractivity contribution in [2.24, 2.45) is 0 Å². The van der Waals surface area contributed by atoms with Crippen LogP contribution in [0.3, 0.4) is 0 Å². The van der Waals surface area contributed by atoms with Crippen LogP contribution in [0.15, 0.2) is 36.7 Å². The number of benzene rings is 1. The Morgan fingerprint density at radius 1 is 1.17 bits per heavy atom. The van der Waals surface area contributed by atoms with E-state index < -0.39 is 17.6 Å². The number of hydrogen-bond donors (Lipinski definition) is 0. The summed E-state index contributed by atoms with van der Waals surface area (Å²) < 4.78 is 53.3. The van der Waals surface area contributed by atoms with Gasteiger partial charge in [0.05, 0.1) is 5.56 Å². The number of fused-ring (bicyclic) bond motifs is 1. The molecule has 0 N–H and O–H groups in total. The van der Waals surface area contributed by atoms with Crippen molar-refractivity contribution in [3.63, 3.8) is 0 Å². The van der Waals surface area contributed by atoms with Crippen molar-refractivity contribution in [1.29, 1.82) is 0 Å². The Morgan fingerprint density at radius 2 is 1.96 bits per heavy atom. The molecule has 3 nitrogen and oxygen atoms in total. The Labute approximate surface area is 138 Å². The second-order valence-corrected chi connectivity index (χ2v) is 6.19. The molecule has 2 atom stereocenters. The van der Waals surface area contributed by atoms with Crippen LogP contribution in [0, 0.1) is 5.82 Å². The van der Waals surface area contributed by atoms with Gasteiger partial charge in [-0.25, -0.2) is 13.9 Å². The lowest BCUT2D eigenvalue weighted by Gasteiger charge is -2.09. The number of rotatable bonds is 2. The van der Waals surface area contributed by atoms with Gasteiger partial charge in [-0.2, -0.15) is 18.3 Å². The Bertz CT molecular complexity index is 935. The van der Waals surface area contributed by atoms with Gasteiger partial charge in [-0.05, 0) is 42.0 Å². The third-order valence-corrected chi connectivity index (χ3v) is 4.46. The maximum absolute atomic E-state index is 13.8. The number of aromatic nitrogens is 3. The van der Waals surface area contributed by atoms with E-state index in [1.165, 1.54) is 6.07 Å². The molecule has 0 amide bonds. The maximum atomic E-state index is 13.8. The van der Waals surface area contributed by atoms with Crippen LogP contribution in [0.2, 0.25) is 5.15 Å². The lowest BCUT2D eigenvalue weighted by Crippen LogP contribution is -2.08. The molecule has 3 aromatic rings. The minimum atomic E-state index is -4.69. The van der Waals surface area contributed by atoms with E-state index in [9.17, 15) is 17.6 Å². The smallest absolute Gasteiger partial charge is 0.235 e. The van der Waals surface area contributed by atoms with E-state index in [1.807, 2.05) is 0 Å². The van der Waals surface area contributed by atoms with Gasteiger partial charge in [0.1, 0.15) is 11.0 Å². The summed E-state index contributed by atoms with van der Waals surface area (Å²) in [5, 5.41) is 4.40. The van der Waals surface area contributed by atoms with Crippen LogP contribution in [-0.2, 0) is 6.18 Å². The summed E-state index contributed by atoms with van der Waals surface area (Å²) >= 11 is 6.00. The largest absolute Gasteiger partial charge is 0.419 e. The van der Waals surface area contributed by atoms with E-state index in [4.69, 9.17) is 11.6 Å². The molecule has 1 aromatic carbocycles. The lowest BCUT2D eigenvalue weighted by atomic mass is 10.0. The first kappa shape index (κ1) is 15.4. The Balaban J connectivity index is 1.67. The van der Waals surface area contributed by atoms with Crippen molar-refractivity contribution in [2.45, 2.75) is 24.4 Å². The Morgan fingerprint density at radius 3 is 2.67 bits per heavy atom. The van der Waals surface area contributed by atoms with Crippen molar-refractivity contribution in [1.82, 2.24) is 14.6 Å². The van der Waals surface area contributed by atoms with Crippen LogP contribution in [-0.4, -0.2) is 14.6 Å². The van der Waals surface area contributed by atoms with E-state index in [2.05, 4.69) is 10.1 Å². The van der Waals surface area contributed by atoms with Gasteiger partial charge in [0.25, 0.3) is 0 Å². The molecule has 2 heterocycles. The van der Waals surface area contributed by atoms with Crippen molar-refractivity contribution >= 4 is 17.2 Å². The molecule has 0 spiro atoms. The predicted octanol–water partition coefficient (Wildman–Crippen LogP) is 4.81. The Hall–Kier alpha value is -2.15. The number of nitrogens with zero attached hydrogens (tertiary/aromatic N) is 3. The summed E-state index contributed by atoms with van der Waals surface area (Å²) in [4.78, 5) is 4.23. The van der Waals surface area contributed by atoms with Crippen LogP contribution in [0.4, 0.5) is 17.6 Å². The van der Waals surface area contributed by atoms with Gasteiger partial charge in [-0.1, -0.05) is 17.7 Å². The molecule has 8 heteroatoms. The van der Waals surface area contributed by atoms with Crippen LogP contribution >= 0.6 is 11.6 Å². The van der Waals surface area contributed by atoms with Gasteiger partial charge in [-0.3, -0.25) is 0 Å². The maximum Gasteiger partial charge on any atom is 0.419 e. The highest BCUT2D eigenvalue weighted by Gasteiger charge is 2.42. The van der Waals surface area contributed by atoms with Crippen LogP contribution in [0.5, 0.6) is 0 Å². The fraction of sp³-hybridized carbons (Fsp3) is 0.250. The fourth-order valence-corrected chi connectivity index (χ4v) is 3.28. The minimum Gasteiger partial charge on any atom is -0.235 e. The molecule has 1 fully saturated rings. The van der Waals surface area contributed by atoms with E-state index in [-0.39, 0.29) is 11.8 Å². The average molecular weight is 356 g/mol. The standard InChI is InChI=1S/C16H10ClF4N3/c17-14-7-11(15-22-3-4-24(15)23-14)10-6-9(10)8-1-2-12(13(18)5-8)16(19,20)21/h1-5,7,9-10H,6H2/t9-,10?/m1/s1. The molecule has 0 saturated heterocycles. The summed E-state index contributed by atoms with van der Waals surface area (Å²) in [5.41, 5.74) is 0.818. The highest BCUT2D eigenvalue weighted by molar-refractivity contribution is 6.29. The van der Waals surface area contributed by atoms with Crippen LogP contribution in [0.25, 0.3) is 5.65 Å². The molecule has 1 saturated carbocycles. The minimum absolute atomic E-state index is 0.0338. The molecular weight excluding hydrogens is 346 g/mol. The zero-order valence-corrected chi connectivity index (χ0v) is 12.8. The second-order valence-electron chi connectivity index (χ2n) is 5.80. The summed E-state index contributed by atoms with van der Waals surface area (Å²) in [5.74, 6) is -1.27. The number of halogens is 5. The zero-order chi connectivity index (χ0) is 17.1. The molecule has 0 bridgehead atoms. The van der Waals surface area contributed by atoms with E-state index in [1.54, 1.807) is 23.0 Å². The van der Waals surface area contributed by atoms with Crippen molar-refractivity contribution in [3.05, 3.63) is 64.3 Å². The first-order chi connectivity index (χ1) is 11.3. The molecule has 4 rings (SSSR count). The summed E-state index contributed by atoms with van der Waals surface area (Å²) in [6, 6.07) is 4.81. The molecule has 124 valence electrons. The number of imidazole rings is 1. The fourth-order valence-electron chi connectivity index (χ4n) is 3.08. The molecule has 0 aliphatic heterocycles. The lowest BCUT2D eigenvalue weighted by molar-refractivity contribution is -0.140. The average Bonchev–Trinajstić information content (AvgIpc) is 3.15. The molecule has 1 unspecified atom stereocenters. The van der Waals surface area contributed by atoms with Gasteiger partial charge in [0, 0.05) is 18.0 Å². The van der Waals surface area contributed by atoms with Gasteiger partial charge >= 0.3 is 6.18 Å². The van der Waals surface area contributed by atoms with Crippen LogP contribution < -0.4 is 0 Å². The van der Waals surface area contributed by atoms with Crippen molar-refractivity contribution in [2.75, 3.05) is 0 Å². The molecule has 0 radical (unpaired) electrons. The topological polar surface area (TPSA) is 30.2 Å². The van der Waals surface area contributed by atoms with E-state index in [0.717, 1.165) is 17.7 Å². The van der Waals surface area contributed by atoms with E-state index >= 15 is 0 Å². The summed E-state index contributed by atoms with van der Waals surface area (Å²) in [7, 11) is 0. The second kappa shape index (κ2) is 5.17. The Kier molecular flexibility index (Phi) is 3.32. The third kappa shape index (κ3) is 2.53. The first-order valence-corrected chi connectivity index (χ1v) is 7.59. The highest BCUT2D eigenvalue weighted by atomic mass is 35.5. The predicted molar refractivity (Wildman–Crippen MR) is 79.5 cm³/mol. The summed E-state index contributed by atoms with van der Waals surface area (Å²) in [6.45, 7) is 0. The molecular formula is C16H10ClF4N3. The third-order valence-electron chi connectivity index (χ3n) is 4.27. The normalized spacial score (nSPS) is 20.5. The SMILES string of the molecule is Fc1cc([C@H]2CC2c2cc(Cl)nn3ccnc23)ccc1C(F)(F)F. The molecule has 1 aliphatic rings. The van der Waals surface area contributed by atoms with Gasteiger partial charge in [0.15, 0.2) is 5.65 Å². The number of hydrogen-bond acceptors (Lipinski definition) is 2. The van der Waals surface area contributed by atoms with Crippen LogP contribution in [0.1, 0.15) is 34.9 Å². The number of alkyl halides is 3. The van der Waals surface area contributed by atoms with Crippen molar-refractivity contribution < 1.29 is 17.6 Å². The highest BCUT2D eigenvalue weighted by Crippen LogP contribution is 2.55. The monoisotopic (exact) mass is 355 g/mol. The van der Waals surface area contributed by atoms with E-state index in [0.29, 0.717) is 22.8 Å². The zero-order valence-electron chi connectivity index (χ0n) is 12.1. The molecule has 24 heavy (non-hydrogen) atoms. The van der Waals surface area contributed by atoms with Gasteiger partial charge in [0.2, 0.25) is 0 Å². The van der Waals surface area contributed by atoms with Gasteiger partial charge < -0.3 is 0 Å².